The van der Waals surface area contributed by atoms with Crippen molar-refractivity contribution in [1.29, 1.82) is 0 Å². The molecule has 1 aliphatic carbocycles. The summed E-state index contributed by atoms with van der Waals surface area (Å²) in [4.78, 5) is 42.6. The van der Waals surface area contributed by atoms with E-state index in [1.165, 1.54) is 0 Å². The molecule has 1 atom stereocenters. The molecule has 0 spiro atoms. The number of carbonyl (C=O) groups excluding carboxylic acids is 3. The number of pyridine rings is 1. The van der Waals surface area contributed by atoms with Crippen LogP contribution in [0.1, 0.15) is 85.8 Å². The molecule has 8 heteroatoms. The van der Waals surface area contributed by atoms with Crippen LogP contribution in [0.25, 0.3) is 11.0 Å². The van der Waals surface area contributed by atoms with E-state index in [4.69, 9.17) is 9.72 Å². The molecule has 178 valence electrons. The number of esters is 1. The van der Waals surface area contributed by atoms with Crippen LogP contribution >= 0.6 is 0 Å². The Hall–Kier alpha value is -3.55. The first-order chi connectivity index (χ1) is 16.2. The molecule has 1 aliphatic rings. The van der Waals surface area contributed by atoms with Gasteiger partial charge in [0.1, 0.15) is 0 Å². The zero-order valence-electron chi connectivity index (χ0n) is 20.2. The molecule has 1 aromatic carbocycles. The van der Waals surface area contributed by atoms with Crippen LogP contribution in [0.15, 0.2) is 36.5 Å². The molecule has 4 rings (SSSR count). The lowest BCUT2D eigenvalue weighted by Crippen LogP contribution is -2.25. The number of anilines is 1. The Labute approximate surface area is 198 Å². The topological polar surface area (TPSA) is 103 Å². The summed E-state index contributed by atoms with van der Waals surface area (Å²) in [6.45, 7) is 9.20. The largest absolute Gasteiger partial charge is 0.451 e. The Morgan fingerprint density at radius 2 is 1.74 bits per heavy atom. The van der Waals surface area contributed by atoms with E-state index in [1.807, 2.05) is 13.8 Å². The maximum Gasteiger partial charge on any atom is 0.339 e. The SMILES string of the molecule is CC(C)C(=O)Nc1ccc(C(=O)C(C)OC(=O)c2cc(C3CC3)nc3c2cnn3C(C)C)cc1. The number of fused-ring (bicyclic) bond motifs is 1. The highest BCUT2D eigenvalue weighted by Crippen LogP contribution is 2.40. The number of hydrogen-bond donors (Lipinski definition) is 1. The molecular weight excluding hydrogens is 432 g/mol. The second-order valence-corrected chi connectivity index (χ2v) is 9.42. The zero-order chi connectivity index (χ0) is 24.6. The Morgan fingerprint density at radius 1 is 1.06 bits per heavy atom. The molecular formula is C26H30N4O4. The number of ketones is 1. The maximum atomic E-state index is 13.1. The van der Waals surface area contributed by atoms with Crippen molar-refractivity contribution >= 4 is 34.4 Å². The predicted octanol–water partition coefficient (Wildman–Crippen LogP) is 4.91. The number of carbonyl (C=O) groups is 3. The van der Waals surface area contributed by atoms with Crippen molar-refractivity contribution in [3.63, 3.8) is 0 Å². The quantitative estimate of drug-likeness (QED) is 0.377. The summed E-state index contributed by atoms with van der Waals surface area (Å²) in [5, 5.41) is 7.82. The van der Waals surface area contributed by atoms with Gasteiger partial charge in [-0.25, -0.2) is 14.5 Å². The van der Waals surface area contributed by atoms with Crippen molar-refractivity contribution in [2.75, 3.05) is 5.32 Å². The molecule has 1 fully saturated rings. The van der Waals surface area contributed by atoms with Crippen LogP contribution in [0.5, 0.6) is 0 Å². The van der Waals surface area contributed by atoms with Crippen LogP contribution in [-0.4, -0.2) is 38.5 Å². The first-order valence-corrected chi connectivity index (χ1v) is 11.7. The number of ether oxygens (including phenoxy) is 1. The van der Waals surface area contributed by atoms with Gasteiger partial charge in [-0.2, -0.15) is 5.10 Å². The minimum Gasteiger partial charge on any atom is -0.451 e. The third-order valence-corrected chi connectivity index (χ3v) is 5.91. The van der Waals surface area contributed by atoms with E-state index >= 15 is 0 Å². The number of rotatable bonds is 8. The standard InChI is InChI=1S/C26H30N4O4/c1-14(2)25(32)28-19-10-8-18(9-11-19)23(31)16(5)34-26(33)20-12-22(17-6-7-17)29-24-21(20)13-27-30(24)15(3)4/h8-17H,6-7H2,1-5H3,(H,28,32). The fraction of sp³-hybridized carbons (Fsp3) is 0.423. The number of benzene rings is 1. The minimum absolute atomic E-state index is 0.0946. The van der Waals surface area contributed by atoms with Gasteiger partial charge < -0.3 is 10.1 Å². The fourth-order valence-corrected chi connectivity index (χ4v) is 3.69. The van der Waals surface area contributed by atoms with E-state index in [9.17, 15) is 14.4 Å². The van der Waals surface area contributed by atoms with Gasteiger partial charge in [0.2, 0.25) is 11.7 Å². The van der Waals surface area contributed by atoms with Gasteiger partial charge >= 0.3 is 5.97 Å². The molecule has 1 saturated carbocycles. The van der Waals surface area contributed by atoms with Gasteiger partial charge in [0.05, 0.1) is 17.1 Å². The summed E-state index contributed by atoms with van der Waals surface area (Å²) in [6, 6.07) is 8.43. The van der Waals surface area contributed by atoms with Crippen molar-refractivity contribution in [1.82, 2.24) is 14.8 Å². The second-order valence-electron chi connectivity index (χ2n) is 9.42. The van der Waals surface area contributed by atoms with E-state index < -0.39 is 12.1 Å². The van der Waals surface area contributed by atoms with Crippen LogP contribution in [0.3, 0.4) is 0 Å². The van der Waals surface area contributed by atoms with Gasteiger partial charge in [-0.15, -0.1) is 0 Å². The molecule has 3 aromatic rings. The third-order valence-electron chi connectivity index (χ3n) is 5.91. The molecule has 0 aliphatic heterocycles. The van der Waals surface area contributed by atoms with E-state index in [0.717, 1.165) is 18.5 Å². The second kappa shape index (κ2) is 9.37. The van der Waals surface area contributed by atoms with Gasteiger partial charge in [-0.3, -0.25) is 9.59 Å². The lowest BCUT2D eigenvalue weighted by atomic mass is 10.1. The molecule has 8 nitrogen and oxygen atoms in total. The monoisotopic (exact) mass is 462 g/mol. The summed E-state index contributed by atoms with van der Waals surface area (Å²) >= 11 is 0. The van der Waals surface area contributed by atoms with Crippen molar-refractivity contribution < 1.29 is 19.1 Å². The number of nitrogens with zero attached hydrogens (tertiary/aromatic N) is 3. The molecule has 0 bridgehead atoms. The average molecular weight is 463 g/mol. The molecule has 1 amide bonds. The molecule has 2 heterocycles. The first-order valence-electron chi connectivity index (χ1n) is 11.7. The number of hydrogen-bond acceptors (Lipinski definition) is 6. The summed E-state index contributed by atoms with van der Waals surface area (Å²) < 4.78 is 7.39. The highest BCUT2D eigenvalue weighted by Gasteiger charge is 2.29. The van der Waals surface area contributed by atoms with Gasteiger partial charge in [0.15, 0.2) is 11.8 Å². The normalized spacial score (nSPS) is 14.4. The first kappa shape index (κ1) is 23.6. The highest BCUT2D eigenvalue weighted by atomic mass is 16.5. The number of Topliss-reactive ketones (excluding diaryl/α,β-unsaturated/α-hetero) is 1. The smallest absolute Gasteiger partial charge is 0.339 e. The van der Waals surface area contributed by atoms with Crippen LogP contribution in [0.4, 0.5) is 5.69 Å². The number of amides is 1. The summed E-state index contributed by atoms with van der Waals surface area (Å²) in [5.41, 5.74) is 2.90. The Kier molecular flexibility index (Phi) is 6.50. The maximum absolute atomic E-state index is 13.1. The molecule has 1 N–H and O–H groups in total. The summed E-state index contributed by atoms with van der Waals surface area (Å²) in [5.74, 6) is -0.787. The number of aromatic nitrogens is 3. The molecule has 0 radical (unpaired) electrons. The predicted molar refractivity (Wildman–Crippen MR) is 129 cm³/mol. The van der Waals surface area contributed by atoms with Crippen molar-refractivity contribution in [3.8, 4) is 0 Å². The lowest BCUT2D eigenvalue weighted by molar-refractivity contribution is -0.118. The molecule has 0 saturated heterocycles. The van der Waals surface area contributed by atoms with Gasteiger partial charge in [0, 0.05) is 34.8 Å². The van der Waals surface area contributed by atoms with Crippen molar-refractivity contribution in [2.45, 2.75) is 65.5 Å². The van der Waals surface area contributed by atoms with Crippen LogP contribution < -0.4 is 5.32 Å². The van der Waals surface area contributed by atoms with Crippen molar-refractivity contribution in [2.24, 2.45) is 5.92 Å². The van der Waals surface area contributed by atoms with Crippen LogP contribution in [-0.2, 0) is 9.53 Å². The van der Waals surface area contributed by atoms with Crippen molar-refractivity contribution in [3.05, 3.63) is 53.3 Å². The summed E-state index contributed by atoms with van der Waals surface area (Å²) in [6.07, 6.45) is 2.75. The third kappa shape index (κ3) is 4.85. The van der Waals surface area contributed by atoms with Crippen LogP contribution in [0.2, 0.25) is 0 Å². The van der Waals surface area contributed by atoms with Crippen LogP contribution in [0, 0.1) is 5.92 Å². The minimum atomic E-state index is -0.976. The van der Waals surface area contributed by atoms with E-state index in [0.29, 0.717) is 33.8 Å². The fourth-order valence-electron chi connectivity index (χ4n) is 3.69. The lowest BCUT2D eigenvalue weighted by Gasteiger charge is -2.14. The van der Waals surface area contributed by atoms with E-state index in [-0.39, 0.29) is 23.7 Å². The molecule has 1 unspecified atom stereocenters. The van der Waals surface area contributed by atoms with E-state index in [2.05, 4.69) is 10.4 Å². The van der Waals surface area contributed by atoms with Gasteiger partial charge in [-0.1, -0.05) is 13.8 Å². The Bertz CT molecular complexity index is 1240. The summed E-state index contributed by atoms with van der Waals surface area (Å²) in [7, 11) is 0. The zero-order valence-corrected chi connectivity index (χ0v) is 20.2. The van der Waals surface area contributed by atoms with Gasteiger partial charge in [0.25, 0.3) is 0 Å². The Balaban J connectivity index is 1.52. The van der Waals surface area contributed by atoms with Gasteiger partial charge in [-0.05, 0) is 63.9 Å². The average Bonchev–Trinajstić information content (AvgIpc) is 3.56. The molecule has 34 heavy (non-hydrogen) atoms. The highest BCUT2D eigenvalue weighted by molar-refractivity contribution is 6.05. The molecule has 2 aromatic heterocycles. The Morgan fingerprint density at radius 3 is 2.32 bits per heavy atom. The number of nitrogens with one attached hydrogen (secondary N) is 1. The van der Waals surface area contributed by atoms with E-state index in [1.54, 1.807) is 62.0 Å².